The molecule has 1 heterocycles. The van der Waals surface area contributed by atoms with E-state index >= 15 is 0 Å². The lowest BCUT2D eigenvalue weighted by Crippen LogP contribution is -2.45. The lowest BCUT2D eigenvalue weighted by atomic mass is 10.1. The maximum Gasteiger partial charge on any atom is 0.355 e. The van der Waals surface area contributed by atoms with Crippen LogP contribution in [0.2, 0.25) is 0 Å². The Hall–Kier alpha value is -2.90. The molecule has 0 fully saturated rings. The summed E-state index contributed by atoms with van der Waals surface area (Å²) in [4.78, 5) is 50.8. The molecule has 1 aliphatic heterocycles. The van der Waals surface area contributed by atoms with Gasteiger partial charge in [0.05, 0.1) is 11.1 Å². The van der Waals surface area contributed by atoms with E-state index in [1.807, 2.05) is 0 Å². The van der Waals surface area contributed by atoms with Gasteiger partial charge in [0.2, 0.25) is 0 Å². The van der Waals surface area contributed by atoms with E-state index in [9.17, 15) is 19.2 Å². The number of carbonyl (C=O) groups is 4. The van der Waals surface area contributed by atoms with Crippen LogP contribution in [0, 0.1) is 0 Å². The molecule has 8 nitrogen and oxygen atoms in total. The molecule has 1 aliphatic rings. The number of hydrogen-bond donors (Lipinski definition) is 2. The number of nitrogens with zero attached hydrogens (tertiary/aromatic N) is 1. The molecule has 1 aromatic rings. The van der Waals surface area contributed by atoms with Crippen molar-refractivity contribution in [1.29, 1.82) is 0 Å². The number of urea groups is 1. The predicted octanol–water partition coefficient (Wildman–Crippen LogP) is -0.202. The first kappa shape index (κ1) is 13.5. The molecule has 0 aliphatic carbocycles. The van der Waals surface area contributed by atoms with Gasteiger partial charge in [0, 0.05) is 0 Å². The number of imide groups is 1. The SMILES string of the molecule is C[C@H](NC(N)=O)C(=O)ON1C(=O)c2ccccc2C1=O. The molecular weight excluding hydrogens is 266 g/mol. The van der Waals surface area contributed by atoms with Crippen LogP contribution in [-0.2, 0) is 9.63 Å². The molecule has 20 heavy (non-hydrogen) atoms. The second kappa shape index (κ2) is 5.00. The van der Waals surface area contributed by atoms with Crippen LogP contribution in [0.25, 0.3) is 0 Å². The minimum absolute atomic E-state index is 0.154. The molecule has 104 valence electrons. The largest absolute Gasteiger partial charge is 0.355 e. The van der Waals surface area contributed by atoms with E-state index in [0.29, 0.717) is 5.06 Å². The lowest BCUT2D eigenvalue weighted by molar-refractivity contribution is -0.170. The molecule has 0 saturated carbocycles. The Morgan fingerprint density at radius 3 is 2.15 bits per heavy atom. The highest BCUT2D eigenvalue weighted by Gasteiger charge is 2.39. The number of nitrogens with two attached hydrogens (primary N) is 1. The lowest BCUT2D eigenvalue weighted by Gasteiger charge is -2.16. The average Bonchev–Trinajstić information content (AvgIpc) is 2.64. The summed E-state index contributed by atoms with van der Waals surface area (Å²) in [5, 5.41) is 2.45. The van der Waals surface area contributed by atoms with Crippen molar-refractivity contribution >= 4 is 23.8 Å². The van der Waals surface area contributed by atoms with Crippen LogP contribution in [0.5, 0.6) is 0 Å². The third kappa shape index (κ3) is 2.30. The quantitative estimate of drug-likeness (QED) is 0.741. The van der Waals surface area contributed by atoms with Crippen LogP contribution >= 0.6 is 0 Å². The molecule has 0 radical (unpaired) electrons. The minimum atomic E-state index is -1.09. The van der Waals surface area contributed by atoms with Gasteiger partial charge in [-0.3, -0.25) is 9.59 Å². The fourth-order valence-electron chi connectivity index (χ4n) is 1.69. The molecule has 0 unspecified atom stereocenters. The monoisotopic (exact) mass is 277 g/mol. The zero-order chi connectivity index (χ0) is 14.9. The summed E-state index contributed by atoms with van der Waals surface area (Å²) < 4.78 is 0. The van der Waals surface area contributed by atoms with Gasteiger partial charge in [-0.05, 0) is 19.1 Å². The third-order valence-electron chi connectivity index (χ3n) is 2.65. The number of amides is 4. The summed E-state index contributed by atoms with van der Waals surface area (Å²) in [5.41, 5.74) is 5.16. The Balaban J connectivity index is 2.13. The smallest absolute Gasteiger partial charge is 0.352 e. The van der Waals surface area contributed by atoms with Crippen molar-refractivity contribution in [3.05, 3.63) is 35.4 Å². The van der Waals surface area contributed by atoms with Crippen LogP contribution < -0.4 is 11.1 Å². The summed E-state index contributed by atoms with van der Waals surface area (Å²) in [5.74, 6) is -2.44. The Morgan fingerprint density at radius 2 is 1.70 bits per heavy atom. The van der Waals surface area contributed by atoms with Gasteiger partial charge in [0.25, 0.3) is 11.8 Å². The molecule has 1 aromatic carbocycles. The molecule has 3 N–H and O–H groups in total. The standard InChI is InChI=1S/C12H11N3O5/c1-6(14-12(13)19)11(18)20-15-9(16)7-4-2-3-5-8(7)10(15)17/h2-6H,1H3,(H3,13,14,19)/t6-/m0/s1. The molecule has 8 heteroatoms. The second-order valence-electron chi connectivity index (χ2n) is 4.09. The summed E-state index contributed by atoms with van der Waals surface area (Å²) in [6.07, 6.45) is 0. The van der Waals surface area contributed by atoms with Gasteiger partial charge < -0.3 is 15.9 Å². The van der Waals surface area contributed by atoms with Crippen molar-refractivity contribution < 1.29 is 24.0 Å². The van der Waals surface area contributed by atoms with E-state index < -0.39 is 29.9 Å². The fourth-order valence-corrected chi connectivity index (χ4v) is 1.69. The number of hydrogen-bond acceptors (Lipinski definition) is 5. The van der Waals surface area contributed by atoms with Gasteiger partial charge in [0.1, 0.15) is 6.04 Å². The van der Waals surface area contributed by atoms with E-state index in [-0.39, 0.29) is 11.1 Å². The molecule has 1 atom stereocenters. The second-order valence-corrected chi connectivity index (χ2v) is 4.09. The molecule has 2 rings (SSSR count). The van der Waals surface area contributed by atoms with Gasteiger partial charge in [-0.1, -0.05) is 17.2 Å². The van der Waals surface area contributed by atoms with Crippen molar-refractivity contribution in [2.45, 2.75) is 13.0 Å². The number of rotatable bonds is 3. The average molecular weight is 277 g/mol. The van der Waals surface area contributed by atoms with Crippen molar-refractivity contribution in [3.63, 3.8) is 0 Å². The summed E-state index contributed by atoms with van der Waals surface area (Å²) in [7, 11) is 0. The zero-order valence-electron chi connectivity index (χ0n) is 10.5. The fraction of sp³-hybridized carbons (Fsp3) is 0.167. The topological polar surface area (TPSA) is 119 Å². The third-order valence-corrected chi connectivity index (χ3v) is 2.65. The highest BCUT2D eigenvalue weighted by Crippen LogP contribution is 2.22. The van der Waals surface area contributed by atoms with Gasteiger partial charge in [0.15, 0.2) is 0 Å². The van der Waals surface area contributed by atoms with Crippen LogP contribution in [-0.4, -0.2) is 34.9 Å². The number of primary amides is 1. The van der Waals surface area contributed by atoms with Crippen LogP contribution in [0.15, 0.2) is 24.3 Å². The highest BCUT2D eigenvalue weighted by molar-refractivity contribution is 6.20. The van der Waals surface area contributed by atoms with Crippen molar-refractivity contribution in [1.82, 2.24) is 10.4 Å². The molecule has 0 saturated heterocycles. The first-order valence-electron chi connectivity index (χ1n) is 5.67. The van der Waals surface area contributed by atoms with E-state index in [0.717, 1.165) is 0 Å². The molecule has 0 spiro atoms. The van der Waals surface area contributed by atoms with E-state index in [4.69, 9.17) is 10.6 Å². The van der Waals surface area contributed by atoms with Crippen LogP contribution in [0.4, 0.5) is 4.79 Å². The first-order chi connectivity index (χ1) is 9.41. The number of carbonyl (C=O) groups excluding carboxylic acids is 4. The Kier molecular flexibility index (Phi) is 3.38. The summed E-state index contributed by atoms with van der Waals surface area (Å²) in [6.45, 7) is 1.31. The summed E-state index contributed by atoms with van der Waals surface area (Å²) >= 11 is 0. The van der Waals surface area contributed by atoms with E-state index in [2.05, 4.69) is 5.32 Å². The number of benzene rings is 1. The number of hydroxylamine groups is 2. The Labute approximate surface area is 113 Å². The molecule has 4 amide bonds. The van der Waals surface area contributed by atoms with Crippen molar-refractivity contribution in [2.75, 3.05) is 0 Å². The van der Waals surface area contributed by atoms with Gasteiger partial charge in [-0.15, -0.1) is 0 Å². The molecular formula is C12H11N3O5. The molecule has 0 bridgehead atoms. The predicted molar refractivity (Wildman–Crippen MR) is 65.2 cm³/mol. The maximum atomic E-state index is 11.9. The van der Waals surface area contributed by atoms with Gasteiger partial charge in [-0.25, -0.2) is 9.59 Å². The molecule has 0 aromatic heterocycles. The van der Waals surface area contributed by atoms with E-state index in [1.54, 1.807) is 12.1 Å². The zero-order valence-corrected chi connectivity index (χ0v) is 10.5. The van der Waals surface area contributed by atoms with Crippen molar-refractivity contribution in [2.24, 2.45) is 5.73 Å². The summed E-state index contributed by atoms with van der Waals surface area (Å²) in [6, 6.07) is 4.08. The van der Waals surface area contributed by atoms with Crippen molar-refractivity contribution in [3.8, 4) is 0 Å². The van der Waals surface area contributed by atoms with Crippen LogP contribution in [0.3, 0.4) is 0 Å². The number of fused-ring (bicyclic) bond motifs is 1. The van der Waals surface area contributed by atoms with Gasteiger partial charge >= 0.3 is 12.0 Å². The Bertz CT molecular complexity index is 578. The maximum absolute atomic E-state index is 11.9. The Morgan fingerprint density at radius 1 is 1.20 bits per heavy atom. The minimum Gasteiger partial charge on any atom is -0.352 e. The van der Waals surface area contributed by atoms with Crippen LogP contribution in [0.1, 0.15) is 27.6 Å². The number of nitrogens with one attached hydrogen (secondary N) is 1. The first-order valence-corrected chi connectivity index (χ1v) is 5.67. The highest BCUT2D eigenvalue weighted by atomic mass is 16.7. The van der Waals surface area contributed by atoms with Gasteiger partial charge in [-0.2, -0.15) is 0 Å². The normalized spacial score (nSPS) is 14.8. The van der Waals surface area contributed by atoms with E-state index in [1.165, 1.54) is 19.1 Å².